The van der Waals surface area contributed by atoms with Crippen LogP contribution in [0.5, 0.6) is 0 Å². The second-order valence-electron chi connectivity index (χ2n) is 12.0. The van der Waals surface area contributed by atoms with Crippen molar-refractivity contribution < 1.29 is 20.1 Å². The van der Waals surface area contributed by atoms with Crippen molar-refractivity contribution in [1.29, 1.82) is 0 Å². The van der Waals surface area contributed by atoms with Crippen molar-refractivity contribution >= 4 is 0 Å². The Morgan fingerprint density at radius 3 is 2.31 bits per heavy atom. The first kappa shape index (κ1) is 25.9. The third-order valence-corrected chi connectivity index (χ3v) is 9.14. The second-order valence-corrected chi connectivity index (χ2v) is 12.0. The molecule has 3 N–H and O–H groups in total. The van der Waals surface area contributed by atoms with Gasteiger partial charge in [0.25, 0.3) is 0 Å². The van der Waals surface area contributed by atoms with Crippen molar-refractivity contribution in [2.24, 2.45) is 22.7 Å². The number of hydrogen-bond donors (Lipinski definition) is 3. The SMILES string of the molecule is CCC(O)(CC)COCC(C)(C)[C@H]1CC[C@H]2/C(=C/C=C3C[C@@H](O)C[C@H](O)C3)CCC[C@]12C. The first-order chi connectivity index (χ1) is 15.0. The fourth-order valence-electron chi connectivity index (χ4n) is 7.11. The number of aliphatic hydroxyl groups is 3. The summed E-state index contributed by atoms with van der Waals surface area (Å²) in [7, 11) is 0. The van der Waals surface area contributed by atoms with Gasteiger partial charge in [-0.3, -0.25) is 0 Å². The van der Waals surface area contributed by atoms with Gasteiger partial charge in [-0.2, -0.15) is 0 Å². The van der Waals surface area contributed by atoms with Crippen molar-refractivity contribution in [2.45, 2.75) is 117 Å². The molecule has 0 aliphatic heterocycles. The minimum absolute atomic E-state index is 0.0738. The first-order valence-electron chi connectivity index (χ1n) is 13.1. The third kappa shape index (κ3) is 5.68. The van der Waals surface area contributed by atoms with E-state index in [1.54, 1.807) is 5.57 Å². The molecule has 0 amide bonds. The zero-order valence-corrected chi connectivity index (χ0v) is 21.2. The highest BCUT2D eigenvalue weighted by Gasteiger charge is 2.54. The van der Waals surface area contributed by atoms with Crippen LogP contribution in [0.1, 0.15) is 98.8 Å². The van der Waals surface area contributed by atoms with E-state index in [-0.39, 0.29) is 10.8 Å². The number of allylic oxidation sites excluding steroid dienone is 3. The Morgan fingerprint density at radius 1 is 1.03 bits per heavy atom. The molecule has 4 nitrogen and oxygen atoms in total. The molecule has 5 atom stereocenters. The van der Waals surface area contributed by atoms with Crippen LogP contribution in [0.4, 0.5) is 0 Å². The molecule has 0 spiro atoms. The van der Waals surface area contributed by atoms with Gasteiger partial charge in [-0.05, 0) is 86.9 Å². The maximum Gasteiger partial charge on any atom is 0.0874 e. The Labute approximate surface area is 196 Å². The van der Waals surface area contributed by atoms with Crippen LogP contribution in [0.15, 0.2) is 23.3 Å². The van der Waals surface area contributed by atoms with Gasteiger partial charge in [0, 0.05) is 0 Å². The van der Waals surface area contributed by atoms with Crippen LogP contribution < -0.4 is 0 Å². The number of rotatable bonds is 8. The van der Waals surface area contributed by atoms with E-state index in [2.05, 4.69) is 32.9 Å². The molecule has 3 fully saturated rings. The van der Waals surface area contributed by atoms with Crippen molar-refractivity contribution in [3.63, 3.8) is 0 Å². The lowest BCUT2D eigenvalue weighted by atomic mass is 9.58. The fourth-order valence-corrected chi connectivity index (χ4v) is 7.11. The summed E-state index contributed by atoms with van der Waals surface area (Å²) in [5.41, 5.74) is 2.40. The molecule has 3 aliphatic rings. The summed E-state index contributed by atoms with van der Waals surface area (Å²) in [6.07, 6.45) is 13.2. The summed E-state index contributed by atoms with van der Waals surface area (Å²) in [4.78, 5) is 0. The van der Waals surface area contributed by atoms with Gasteiger partial charge in [0.1, 0.15) is 0 Å². The Bertz CT molecular complexity index is 678. The van der Waals surface area contributed by atoms with Crippen molar-refractivity contribution in [1.82, 2.24) is 0 Å². The van der Waals surface area contributed by atoms with E-state index in [0.717, 1.165) is 12.8 Å². The quantitative estimate of drug-likeness (QED) is 0.455. The zero-order valence-electron chi connectivity index (χ0n) is 21.2. The normalized spacial score (nSPS) is 35.2. The standard InChI is InChI=1S/C28H48O4/c1-6-28(31,7-2)19-32-18-26(3,4)25-13-12-24-21(9-8-14-27(24,25)5)11-10-20-15-22(29)17-23(30)16-20/h10-11,22-25,29-31H,6-9,12-19H2,1-5H3/b21-11+/t22-,23-,24+,25-,27+/m1/s1. The molecule has 0 heterocycles. The molecule has 0 aromatic rings. The maximum atomic E-state index is 10.6. The molecular weight excluding hydrogens is 400 g/mol. The molecule has 3 aliphatic carbocycles. The van der Waals surface area contributed by atoms with E-state index in [1.165, 1.54) is 37.7 Å². The number of ether oxygens (including phenoxy) is 1. The molecule has 4 heteroatoms. The topological polar surface area (TPSA) is 69.9 Å². The monoisotopic (exact) mass is 448 g/mol. The summed E-state index contributed by atoms with van der Waals surface area (Å²) in [6.45, 7) is 12.4. The van der Waals surface area contributed by atoms with Crippen LogP contribution in [0.3, 0.4) is 0 Å². The minimum Gasteiger partial charge on any atom is -0.393 e. The van der Waals surface area contributed by atoms with E-state index in [1.807, 2.05) is 13.8 Å². The average Bonchev–Trinajstić information content (AvgIpc) is 3.09. The molecule has 0 bridgehead atoms. The Balaban J connectivity index is 1.69. The largest absolute Gasteiger partial charge is 0.393 e. The highest BCUT2D eigenvalue weighted by atomic mass is 16.5. The number of fused-ring (bicyclic) bond motifs is 1. The van der Waals surface area contributed by atoms with Crippen LogP contribution in [-0.2, 0) is 4.74 Å². The van der Waals surface area contributed by atoms with Crippen LogP contribution >= 0.6 is 0 Å². The van der Waals surface area contributed by atoms with Gasteiger partial charge in [-0.25, -0.2) is 0 Å². The molecule has 3 rings (SSSR count). The van der Waals surface area contributed by atoms with E-state index in [4.69, 9.17) is 4.74 Å². The molecule has 0 radical (unpaired) electrons. The molecule has 0 aromatic heterocycles. The summed E-state index contributed by atoms with van der Waals surface area (Å²) in [6, 6.07) is 0. The van der Waals surface area contributed by atoms with E-state index in [9.17, 15) is 15.3 Å². The van der Waals surface area contributed by atoms with Gasteiger partial charge < -0.3 is 20.1 Å². The van der Waals surface area contributed by atoms with E-state index >= 15 is 0 Å². The van der Waals surface area contributed by atoms with Crippen molar-refractivity contribution in [2.75, 3.05) is 13.2 Å². The third-order valence-electron chi connectivity index (χ3n) is 9.14. The second kappa shape index (κ2) is 10.3. The lowest BCUT2D eigenvalue weighted by Crippen LogP contribution is -2.43. The molecule has 184 valence electrons. The fraction of sp³-hybridized carbons (Fsp3) is 0.857. The maximum absolute atomic E-state index is 10.6. The molecule has 3 saturated carbocycles. The molecule has 0 unspecified atom stereocenters. The number of aliphatic hydroxyl groups excluding tert-OH is 2. The highest BCUT2D eigenvalue weighted by Crippen LogP contribution is 2.62. The van der Waals surface area contributed by atoms with E-state index in [0.29, 0.717) is 44.3 Å². The van der Waals surface area contributed by atoms with Gasteiger partial charge in [0.2, 0.25) is 0 Å². The lowest BCUT2D eigenvalue weighted by Gasteiger charge is -2.48. The van der Waals surface area contributed by atoms with Gasteiger partial charge in [0.15, 0.2) is 0 Å². The zero-order chi connectivity index (χ0) is 23.6. The summed E-state index contributed by atoms with van der Waals surface area (Å²) in [5.74, 6) is 1.21. The highest BCUT2D eigenvalue weighted by molar-refractivity contribution is 5.26. The van der Waals surface area contributed by atoms with Gasteiger partial charge in [-0.1, -0.05) is 57.9 Å². The summed E-state index contributed by atoms with van der Waals surface area (Å²) < 4.78 is 6.13. The minimum atomic E-state index is -0.702. The summed E-state index contributed by atoms with van der Waals surface area (Å²) in [5, 5.41) is 30.6. The lowest BCUT2D eigenvalue weighted by molar-refractivity contribution is -0.0863. The van der Waals surface area contributed by atoms with Crippen LogP contribution in [0.25, 0.3) is 0 Å². The van der Waals surface area contributed by atoms with Gasteiger partial charge >= 0.3 is 0 Å². The molecule has 32 heavy (non-hydrogen) atoms. The van der Waals surface area contributed by atoms with Crippen LogP contribution in [0, 0.1) is 22.7 Å². The Hall–Kier alpha value is -0.680. The molecule has 0 aromatic carbocycles. The predicted molar refractivity (Wildman–Crippen MR) is 130 cm³/mol. The Kier molecular flexibility index (Phi) is 8.34. The van der Waals surface area contributed by atoms with E-state index < -0.39 is 17.8 Å². The Morgan fingerprint density at radius 2 is 1.69 bits per heavy atom. The molecule has 0 saturated heterocycles. The van der Waals surface area contributed by atoms with Crippen molar-refractivity contribution in [3.05, 3.63) is 23.3 Å². The van der Waals surface area contributed by atoms with Gasteiger partial charge in [0.05, 0.1) is 31.0 Å². The smallest absolute Gasteiger partial charge is 0.0874 e. The van der Waals surface area contributed by atoms with Crippen LogP contribution in [-0.4, -0.2) is 46.3 Å². The predicted octanol–water partition coefficient (Wildman–Crippen LogP) is 5.56. The first-order valence-corrected chi connectivity index (χ1v) is 13.1. The summed E-state index contributed by atoms with van der Waals surface area (Å²) >= 11 is 0. The average molecular weight is 449 g/mol. The molecular formula is C28H48O4. The number of hydrogen-bond acceptors (Lipinski definition) is 4. The van der Waals surface area contributed by atoms with Gasteiger partial charge in [-0.15, -0.1) is 0 Å². The van der Waals surface area contributed by atoms with Crippen molar-refractivity contribution in [3.8, 4) is 0 Å². The van der Waals surface area contributed by atoms with Crippen LogP contribution in [0.2, 0.25) is 0 Å².